The van der Waals surface area contributed by atoms with E-state index >= 15 is 0 Å². The van der Waals surface area contributed by atoms with E-state index in [1.165, 1.54) is 0 Å². The van der Waals surface area contributed by atoms with Gasteiger partial charge < -0.3 is 15.0 Å². The Labute approximate surface area is 130 Å². The number of nitrogen functional groups attached to an aromatic ring is 1. The number of methoxy groups -OCH3 is 1. The molecule has 0 spiro atoms. The summed E-state index contributed by atoms with van der Waals surface area (Å²) in [6.45, 7) is 0. The zero-order valence-electron chi connectivity index (χ0n) is 11.9. The normalized spacial score (nSPS) is 10.1. The fourth-order valence-corrected chi connectivity index (χ4v) is 2.04. The van der Waals surface area contributed by atoms with Crippen molar-refractivity contribution in [3.8, 4) is 5.75 Å². The van der Waals surface area contributed by atoms with Crippen LogP contribution in [0, 0.1) is 0 Å². The number of benzene rings is 1. The lowest BCUT2D eigenvalue weighted by Gasteiger charge is -2.13. The number of aromatic nitrogens is 3. The number of rotatable bonds is 5. The first-order valence-electron chi connectivity index (χ1n) is 6.03. The van der Waals surface area contributed by atoms with E-state index in [1.54, 1.807) is 12.0 Å². The first-order valence-corrected chi connectivity index (χ1v) is 6.82. The number of nitrogens with zero attached hydrogens (tertiary/aromatic N) is 4. The van der Waals surface area contributed by atoms with Crippen LogP contribution in [0.5, 0.6) is 5.75 Å². The smallest absolute Gasteiger partial charge is 0.243 e. The van der Waals surface area contributed by atoms with Crippen LogP contribution in [0.15, 0.2) is 22.7 Å². The summed E-state index contributed by atoms with van der Waals surface area (Å²) in [6, 6.07) is 5.58. The van der Waals surface area contributed by atoms with Crippen molar-refractivity contribution in [1.82, 2.24) is 15.0 Å². The molecule has 0 amide bonds. The van der Waals surface area contributed by atoms with Crippen molar-refractivity contribution in [3.63, 3.8) is 0 Å². The van der Waals surface area contributed by atoms with E-state index in [4.69, 9.17) is 10.6 Å². The predicted octanol–water partition coefficient (Wildman–Crippen LogP) is 1.74. The molecule has 2 rings (SSSR count). The fourth-order valence-electron chi connectivity index (χ4n) is 1.57. The van der Waals surface area contributed by atoms with E-state index in [0.717, 1.165) is 10.2 Å². The number of ether oxygens (including phenoxy) is 1. The van der Waals surface area contributed by atoms with E-state index in [1.807, 2.05) is 32.3 Å². The number of anilines is 4. The molecule has 0 atom stereocenters. The van der Waals surface area contributed by atoms with Gasteiger partial charge in [-0.3, -0.25) is 5.43 Å². The number of nitrogens with two attached hydrogens (primary N) is 1. The second-order valence-corrected chi connectivity index (χ2v) is 5.24. The highest BCUT2D eigenvalue weighted by molar-refractivity contribution is 9.10. The first-order chi connectivity index (χ1) is 10.0. The molecular weight excluding hydrogens is 338 g/mol. The average Bonchev–Trinajstić information content (AvgIpc) is 2.46. The number of halogens is 1. The topological polar surface area (TPSA) is 101 Å². The molecule has 0 aliphatic rings. The Balaban J connectivity index is 2.34. The monoisotopic (exact) mass is 353 g/mol. The predicted molar refractivity (Wildman–Crippen MR) is 85.9 cm³/mol. The van der Waals surface area contributed by atoms with Crippen molar-refractivity contribution in [2.75, 3.05) is 36.8 Å². The van der Waals surface area contributed by atoms with Crippen molar-refractivity contribution < 1.29 is 4.74 Å². The Bertz CT molecular complexity index is 635. The zero-order chi connectivity index (χ0) is 15.4. The molecule has 0 saturated carbocycles. The maximum Gasteiger partial charge on any atom is 0.243 e. The van der Waals surface area contributed by atoms with Gasteiger partial charge in [-0.05, 0) is 12.1 Å². The molecular formula is C12H16BrN7O. The third kappa shape index (κ3) is 3.92. The van der Waals surface area contributed by atoms with Crippen molar-refractivity contribution in [3.05, 3.63) is 22.7 Å². The molecule has 0 aliphatic carbocycles. The van der Waals surface area contributed by atoms with E-state index < -0.39 is 0 Å². The molecule has 0 unspecified atom stereocenters. The molecule has 112 valence electrons. The third-order valence-corrected chi connectivity index (χ3v) is 2.97. The maximum atomic E-state index is 5.37. The minimum absolute atomic E-state index is 0.276. The fraction of sp³-hybridized carbons (Fsp3) is 0.250. The lowest BCUT2D eigenvalue weighted by molar-refractivity contribution is 0.415. The van der Waals surface area contributed by atoms with Gasteiger partial charge in [0.25, 0.3) is 0 Å². The highest BCUT2D eigenvalue weighted by atomic mass is 79.9. The van der Waals surface area contributed by atoms with Gasteiger partial charge in [0, 0.05) is 30.3 Å². The molecule has 9 heteroatoms. The standard InChI is InChI=1S/C12H16BrN7O/c1-20(2)12-17-10(16-11(18-12)19-14)15-8-4-7(13)5-9(6-8)21-3/h4-6H,14H2,1-3H3,(H2,15,16,17,18,19). The van der Waals surface area contributed by atoms with E-state index in [2.05, 4.69) is 41.6 Å². The van der Waals surface area contributed by atoms with Crippen molar-refractivity contribution in [1.29, 1.82) is 0 Å². The van der Waals surface area contributed by atoms with E-state index in [9.17, 15) is 0 Å². The number of hydrazine groups is 1. The summed E-state index contributed by atoms with van der Waals surface area (Å²) in [5.41, 5.74) is 3.20. The largest absolute Gasteiger partial charge is 0.497 e. The van der Waals surface area contributed by atoms with Crippen molar-refractivity contribution in [2.45, 2.75) is 0 Å². The summed E-state index contributed by atoms with van der Waals surface area (Å²) >= 11 is 3.42. The molecule has 4 N–H and O–H groups in total. The lowest BCUT2D eigenvalue weighted by Crippen LogP contribution is -2.18. The Hall–Kier alpha value is -2.13. The molecule has 21 heavy (non-hydrogen) atoms. The van der Waals surface area contributed by atoms with Crippen LogP contribution >= 0.6 is 15.9 Å². The minimum Gasteiger partial charge on any atom is -0.497 e. The first kappa shape index (κ1) is 15.3. The third-order valence-electron chi connectivity index (χ3n) is 2.52. The molecule has 1 aromatic heterocycles. The van der Waals surface area contributed by atoms with Crippen LogP contribution in [0.1, 0.15) is 0 Å². The van der Waals surface area contributed by atoms with Gasteiger partial charge in [0.05, 0.1) is 7.11 Å². The molecule has 2 aromatic rings. The van der Waals surface area contributed by atoms with Gasteiger partial charge >= 0.3 is 0 Å². The summed E-state index contributed by atoms with van der Waals surface area (Å²) in [4.78, 5) is 14.4. The van der Waals surface area contributed by atoms with Gasteiger partial charge in [-0.1, -0.05) is 15.9 Å². The molecule has 0 saturated heterocycles. The van der Waals surface area contributed by atoms with Gasteiger partial charge in [0.2, 0.25) is 17.8 Å². The number of nitrogens with one attached hydrogen (secondary N) is 2. The summed E-state index contributed by atoms with van der Waals surface area (Å²) in [5, 5.41) is 3.10. The van der Waals surface area contributed by atoms with Gasteiger partial charge in [-0.25, -0.2) is 5.84 Å². The second kappa shape index (κ2) is 6.55. The van der Waals surface area contributed by atoms with E-state index in [-0.39, 0.29) is 5.95 Å². The quantitative estimate of drug-likeness (QED) is 0.551. The van der Waals surface area contributed by atoms with Crippen molar-refractivity contribution >= 4 is 39.5 Å². The molecule has 0 aliphatic heterocycles. The van der Waals surface area contributed by atoms with E-state index in [0.29, 0.717) is 17.6 Å². The summed E-state index contributed by atoms with van der Waals surface area (Å²) in [6.07, 6.45) is 0. The van der Waals surface area contributed by atoms with Crippen LogP contribution in [-0.4, -0.2) is 36.2 Å². The summed E-state index contributed by atoms with van der Waals surface area (Å²) in [5.74, 6) is 7.23. The molecule has 0 bridgehead atoms. The Morgan fingerprint density at radius 3 is 2.48 bits per heavy atom. The highest BCUT2D eigenvalue weighted by Gasteiger charge is 2.08. The maximum absolute atomic E-state index is 5.37. The van der Waals surface area contributed by atoms with Crippen LogP contribution < -0.4 is 26.2 Å². The average molecular weight is 354 g/mol. The molecule has 1 heterocycles. The van der Waals surface area contributed by atoms with Gasteiger partial charge in [-0.2, -0.15) is 15.0 Å². The van der Waals surface area contributed by atoms with Crippen molar-refractivity contribution in [2.24, 2.45) is 5.84 Å². The molecule has 8 nitrogen and oxygen atoms in total. The summed E-state index contributed by atoms with van der Waals surface area (Å²) in [7, 11) is 5.28. The van der Waals surface area contributed by atoms with Gasteiger partial charge in [0.1, 0.15) is 5.75 Å². The van der Waals surface area contributed by atoms with Crippen LogP contribution in [0.25, 0.3) is 0 Å². The molecule has 0 fully saturated rings. The molecule has 1 aromatic carbocycles. The van der Waals surface area contributed by atoms with Crippen LogP contribution in [-0.2, 0) is 0 Å². The Morgan fingerprint density at radius 1 is 1.14 bits per heavy atom. The second-order valence-electron chi connectivity index (χ2n) is 4.33. The Morgan fingerprint density at radius 2 is 1.86 bits per heavy atom. The van der Waals surface area contributed by atoms with Crippen LogP contribution in [0.4, 0.5) is 23.5 Å². The molecule has 0 radical (unpaired) electrons. The SMILES string of the molecule is COc1cc(Br)cc(Nc2nc(NN)nc(N(C)C)n2)c1. The van der Waals surface area contributed by atoms with Crippen LogP contribution in [0.3, 0.4) is 0 Å². The van der Waals surface area contributed by atoms with Gasteiger partial charge in [-0.15, -0.1) is 0 Å². The summed E-state index contributed by atoms with van der Waals surface area (Å²) < 4.78 is 6.09. The van der Waals surface area contributed by atoms with Crippen LogP contribution in [0.2, 0.25) is 0 Å². The number of hydrogen-bond acceptors (Lipinski definition) is 8. The number of hydrogen-bond donors (Lipinski definition) is 3. The Kier molecular flexibility index (Phi) is 4.76. The minimum atomic E-state index is 0.276. The lowest BCUT2D eigenvalue weighted by atomic mass is 10.3. The zero-order valence-corrected chi connectivity index (χ0v) is 13.5. The highest BCUT2D eigenvalue weighted by Crippen LogP contribution is 2.26. The van der Waals surface area contributed by atoms with Gasteiger partial charge in [0.15, 0.2) is 0 Å².